The summed E-state index contributed by atoms with van der Waals surface area (Å²) >= 11 is 0. The fraction of sp³-hybridized carbons (Fsp3) is 0.312. The Morgan fingerprint density at radius 3 is 2.56 bits per heavy atom. The summed E-state index contributed by atoms with van der Waals surface area (Å²) in [6, 6.07) is 17.9. The molecule has 1 fully saturated rings. The number of methoxy groups -OCH3 is 2. The summed E-state index contributed by atoms with van der Waals surface area (Å²) in [4.78, 5) is 0. The van der Waals surface area contributed by atoms with Gasteiger partial charge in [-0.05, 0) is 70.8 Å². The van der Waals surface area contributed by atoms with E-state index in [1.165, 1.54) is 0 Å². The lowest BCUT2D eigenvalue weighted by atomic mass is 9.84. The first-order chi connectivity index (χ1) is 19.0. The molecule has 1 N–H and O–H groups in total. The van der Waals surface area contributed by atoms with Crippen LogP contribution in [0.1, 0.15) is 30.4 Å². The van der Waals surface area contributed by atoms with E-state index < -0.39 is 12.3 Å². The summed E-state index contributed by atoms with van der Waals surface area (Å²) in [5.41, 5.74) is 5.24. The fourth-order valence-electron chi connectivity index (χ4n) is 5.53. The van der Waals surface area contributed by atoms with E-state index in [2.05, 4.69) is 17.4 Å². The van der Waals surface area contributed by atoms with E-state index in [-0.39, 0.29) is 0 Å². The molecule has 7 heteroatoms. The zero-order valence-corrected chi connectivity index (χ0v) is 22.0. The second-order valence-electron chi connectivity index (χ2n) is 10.2. The normalized spacial score (nSPS) is 19.7. The van der Waals surface area contributed by atoms with Crippen LogP contribution in [0.2, 0.25) is 0 Å². The minimum atomic E-state index is -2.90. The number of hydrogen-bond donors (Lipinski definition) is 1. The van der Waals surface area contributed by atoms with E-state index >= 15 is 0 Å². The zero-order valence-electron chi connectivity index (χ0n) is 22.0. The zero-order chi connectivity index (χ0) is 27.0. The Balaban J connectivity index is 1.41. The molecule has 3 aliphatic rings. The molecule has 1 saturated carbocycles. The quantitative estimate of drug-likeness (QED) is 0.296. The van der Waals surface area contributed by atoms with E-state index in [9.17, 15) is 8.78 Å². The molecule has 1 heterocycles. The minimum Gasteiger partial charge on any atom is -0.493 e. The third-order valence-electron chi connectivity index (χ3n) is 7.69. The highest BCUT2D eigenvalue weighted by molar-refractivity contribution is 5.91. The maximum atomic E-state index is 13.7. The highest BCUT2D eigenvalue weighted by atomic mass is 19.3. The van der Waals surface area contributed by atoms with E-state index in [0.717, 1.165) is 52.0 Å². The standard InChI is InChI=1S/C32H31F2NO4/c1-36-27-14-12-21(17-29(27)37-2)24-6-5-8-28-30(24)25-13-11-22(16-23(25)19-38-28)26-7-3-4-15-32(26,39-31(33)34)35-18-20-9-10-20/h3-8,11-14,16-17,20,31,35H,9-10,15,18-19H2,1-2H3. The molecule has 5 nitrogen and oxygen atoms in total. The molecule has 1 atom stereocenters. The Hall–Kier alpha value is -3.68. The molecule has 1 aliphatic heterocycles. The molecule has 0 radical (unpaired) electrons. The van der Waals surface area contributed by atoms with Crippen molar-refractivity contribution >= 4 is 5.57 Å². The molecule has 0 bridgehead atoms. The average molecular weight is 532 g/mol. The number of allylic oxidation sites excluding steroid dienone is 2. The molecule has 2 aliphatic carbocycles. The molecule has 0 spiro atoms. The van der Waals surface area contributed by atoms with Gasteiger partial charge in [0.05, 0.1) is 14.2 Å². The molecule has 202 valence electrons. The molecule has 0 amide bonds. The van der Waals surface area contributed by atoms with Gasteiger partial charge < -0.3 is 14.2 Å². The van der Waals surface area contributed by atoms with Crippen LogP contribution in [0.25, 0.3) is 27.8 Å². The van der Waals surface area contributed by atoms with Gasteiger partial charge in [-0.25, -0.2) is 0 Å². The summed E-state index contributed by atoms with van der Waals surface area (Å²) in [6.07, 6.45) is 8.21. The molecule has 1 unspecified atom stereocenters. The van der Waals surface area contributed by atoms with Gasteiger partial charge in [0.2, 0.25) is 0 Å². The van der Waals surface area contributed by atoms with Crippen LogP contribution in [-0.2, 0) is 11.3 Å². The third-order valence-corrected chi connectivity index (χ3v) is 7.69. The van der Waals surface area contributed by atoms with E-state index in [1.54, 1.807) is 14.2 Å². The van der Waals surface area contributed by atoms with Crippen molar-refractivity contribution in [1.82, 2.24) is 5.32 Å². The van der Waals surface area contributed by atoms with Gasteiger partial charge >= 0.3 is 6.61 Å². The first-order valence-electron chi connectivity index (χ1n) is 13.2. The first-order valence-corrected chi connectivity index (χ1v) is 13.2. The van der Waals surface area contributed by atoms with Gasteiger partial charge in [0, 0.05) is 24.1 Å². The molecule has 39 heavy (non-hydrogen) atoms. The van der Waals surface area contributed by atoms with Crippen molar-refractivity contribution in [2.24, 2.45) is 5.92 Å². The van der Waals surface area contributed by atoms with Crippen molar-refractivity contribution in [1.29, 1.82) is 0 Å². The number of benzene rings is 3. The smallest absolute Gasteiger partial charge is 0.347 e. The van der Waals surface area contributed by atoms with E-state index in [1.807, 2.05) is 60.7 Å². The van der Waals surface area contributed by atoms with Crippen LogP contribution in [0.4, 0.5) is 8.78 Å². The third kappa shape index (κ3) is 4.92. The van der Waals surface area contributed by atoms with Gasteiger partial charge in [0.25, 0.3) is 0 Å². The molecule has 3 aromatic rings. The van der Waals surface area contributed by atoms with Crippen molar-refractivity contribution in [3.05, 3.63) is 84.0 Å². The number of fused-ring (bicyclic) bond motifs is 3. The fourth-order valence-corrected chi connectivity index (χ4v) is 5.53. The molecule has 3 aromatic carbocycles. The molecule has 0 aromatic heterocycles. The van der Waals surface area contributed by atoms with Gasteiger partial charge in [-0.1, -0.05) is 48.6 Å². The summed E-state index contributed by atoms with van der Waals surface area (Å²) in [5, 5.41) is 3.35. The van der Waals surface area contributed by atoms with Gasteiger partial charge in [-0.3, -0.25) is 10.1 Å². The SMILES string of the molecule is COc1ccc(-c2cccc3c2-c2ccc(C4=CC=CCC4(NCC4CC4)OC(F)F)cc2CO3)cc1OC. The van der Waals surface area contributed by atoms with Crippen LogP contribution in [0.5, 0.6) is 17.2 Å². The minimum absolute atomic E-state index is 0.329. The van der Waals surface area contributed by atoms with E-state index in [0.29, 0.717) is 42.6 Å². The number of alkyl halides is 2. The van der Waals surface area contributed by atoms with Crippen LogP contribution >= 0.6 is 0 Å². The Labute approximate surface area is 227 Å². The highest BCUT2D eigenvalue weighted by Gasteiger charge is 2.40. The van der Waals surface area contributed by atoms with Crippen LogP contribution in [0, 0.1) is 5.92 Å². The molecular formula is C32H31F2NO4. The Morgan fingerprint density at radius 2 is 1.79 bits per heavy atom. The number of halogens is 2. The van der Waals surface area contributed by atoms with Crippen molar-refractivity contribution < 1.29 is 27.7 Å². The number of nitrogens with one attached hydrogen (secondary N) is 1. The first kappa shape index (κ1) is 25.6. The summed E-state index contributed by atoms with van der Waals surface area (Å²) in [5.74, 6) is 2.61. The number of rotatable bonds is 9. The second-order valence-corrected chi connectivity index (χ2v) is 10.2. The van der Waals surface area contributed by atoms with Gasteiger partial charge in [-0.15, -0.1) is 0 Å². The van der Waals surface area contributed by atoms with Crippen LogP contribution < -0.4 is 19.5 Å². The predicted molar refractivity (Wildman–Crippen MR) is 147 cm³/mol. The van der Waals surface area contributed by atoms with Crippen molar-refractivity contribution in [3.8, 4) is 39.5 Å². The largest absolute Gasteiger partial charge is 0.493 e. The molecular weight excluding hydrogens is 500 g/mol. The lowest BCUT2D eigenvalue weighted by Gasteiger charge is -2.38. The van der Waals surface area contributed by atoms with Gasteiger partial charge in [0.1, 0.15) is 12.4 Å². The second kappa shape index (κ2) is 10.5. The summed E-state index contributed by atoms with van der Waals surface area (Å²) in [6.45, 7) is -1.87. The maximum Gasteiger partial charge on any atom is 0.347 e. The van der Waals surface area contributed by atoms with Crippen molar-refractivity contribution in [3.63, 3.8) is 0 Å². The van der Waals surface area contributed by atoms with E-state index in [4.69, 9.17) is 18.9 Å². The maximum absolute atomic E-state index is 13.7. The van der Waals surface area contributed by atoms with Crippen LogP contribution in [-0.4, -0.2) is 33.1 Å². The van der Waals surface area contributed by atoms with Crippen LogP contribution in [0.15, 0.2) is 72.8 Å². The Bertz CT molecular complexity index is 1450. The topological polar surface area (TPSA) is 49.0 Å². The number of hydrogen-bond acceptors (Lipinski definition) is 5. The Morgan fingerprint density at radius 1 is 0.974 bits per heavy atom. The van der Waals surface area contributed by atoms with Gasteiger partial charge in [0.15, 0.2) is 17.2 Å². The molecule has 0 saturated heterocycles. The van der Waals surface area contributed by atoms with Crippen molar-refractivity contribution in [2.75, 3.05) is 20.8 Å². The lowest BCUT2D eigenvalue weighted by Crippen LogP contribution is -2.51. The molecule has 6 rings (SSSR count). The lowest BCUT2D eigenvalue weighted by molar-refractivity contribution is -0.197. The number of ether oxygens (including phenoxy) is 4. The Kier molecular flexibility index (Phi) is 6.87. The predicted octanol–water partition coefficient (Wildman–Crippen LogP) is 7.21. The summed E-state index contributed by atoms with van der Waals surface area (Å²) < 4.78 is 49.9. The van der Waals surface area contributed by atoms with Crippen LogP contribution in [0.3, 0.4) is 0 Å². The van der Waals surface area contributed by atoms with Gasteiger partial charge in [-0.2, -0.15) is 8.78 Å². The average Bonchev–Trinajstić information content (AvgIpc) is 3.80. The van der Waals surface area contributed by atoms with Crippen molar-refractivity contribution in [2.45, 2.75) is 38.2 Å². The summed E-state index contributed by atoms with van der Waals surface area (Å²) in [7, 11) is 3.23. The highest BCUT2D eigenvalue weighted by Crippen LogP contribution is 2.47. The monoisotopic (exact) mass is 531 g/mol.